The van der Waals surface area contributed by atoms with Crippen LogP contribution in [0.4, 0.5) is 13.2 Å². The molecule has 1 atom stereocenters. The monoisotopic (exact) mass is 669 g/mol. The van der Waals surface area contributed by atoms with Crippen LogP contribution in [0, 0.1) is 13.8 Å². The smallest absolute Gasteiger partial charge is 0.401 e. The van der Waals surface area contributed by atoms with Crippen molar-refractivity contribution in [1.29, 1.82) is 0 Å². The van der Waals surface area contributed by atoms with E-state index in [1.165, 1.54) is 10.5 Å². The second kappa shape index (κ2) is 16.9. The molecule has 1 saturated heterocycles. The number of rotatable bonds is 10. The number of ether oxygens (including phenoxy) is 1. The first kappa shape index (κ1) is 38.5. The maximum atomic E-state index is 12.8. The number of halogens is 3. The lowest BCUT2D eigenvalue weighted by molar-refractivity contribution is -0.149. The molecule has 1 aliphatic rings. The number of carbonyl (C=O) groups is 1. The van der Waals surface area contributed by atoms with Crippen LogP contribution in [0.5, 0.6) is 5.75 Å². The van der Waals surface area contributed by atoms with Gasteiger partial charge in [0.25, 0.3) is 5.56 Å². The van der Waals surface area contributed by atoms with Gasteiger partial charge in [-0.2, -0.15) is 13.2 Å². The summed E-state index contributed by atoms with van der Waals surface area (Å²) in [4.78, 5) is 29.9. The van der Waals surface area contributed by atoms with Crippen molar-refractivity contribution >= 4 is 17.4 Å². The molecule has 1 aliphatic heterocycles. The molecule has 2 N–H and O–H groups in total. The van der Waals surface area contributed by atoms with Crippen LogP contribution in [0.3, 0.4) is 0 Å². The van der Waals surface area contributed by atoms with Gasteiger partial charge in [-0.3, -0.25) is 19.4 Å². The molecule has 0 bridgehead atoms. The average molecular weight is 670 g/mol. The molecular weight excluding hydrogens is 619 g/mol. The van der Waals surface area contributed by atoms with Crippen molar-refractivity contribution in [3.05, 3.63) is 97.8 Å². The minimum Gasteiger partial charge on any atom is -0.496 e. The van der Waals surface area contributed by atoms with Gasteiger partial charge in [0.15, 0.2) is 0 Å². The molecule has 3 aromatic rings. The number of nitrogens with one attached hydrogen (secondary N) is 2. The Hall–Kier alpha value is -3.93. The number of aldehydes is 1. The zero-order valence-corrected chi connectivity index (χ0v) is 29.6. The SMILES string of the molecule is C/C=C(C)\C(=C/C=C(C)C)c1ccn2c(C(C)N3CCN(CC(F)(F)F)CC3)c(C)c(C=O)cc12.CNCc1c(OC)cc(C)[nH]c1=O. The summed E-state index contributed by atoms with van der Waals surface area (Å²) < 4.78 is 45.7. The molecule has 11 heteroatoms. The Morgan fingerprint density at radius 1 is 1.10 bits per heavy atom. The van der Waals surface area contributed by atoms with Gasteiger partial charge in [-0.05, 0) is 90.4 Å². The van der Waals surface area contributed by atoms with E-state index in [1.54, 1.807) is 14.2 Å². The molecule has 0 saturated carbocycles. The van der Waals surface area contributed by atoms with Crippen molar-refractivity contribution in [1.82, 2.24) is 24.5 Å². The topological polar surface area (TPSA) is 82.1 Å². The molecule has 48 heavy (non-hydrogen) atoms. The van der Waals surface area contributed by atoms with Gasteiger partial charge in [0, 0.05) is 67.5 Å². The highest BCUT2D eigenvalue weighted by molar-refractivity contribution is 5.90. The molecule has 1 unspecified atom stereocenters. The van der Waals surface area contributed by atoms with Gasteiger partial charge >= 0.3 is 6.18 Å². The van der Waals surface area contributed by atoms with Crippen LogP contribution in [0.25, 0.3) is 11.1 Å². The Bertz CT molecular complexity index is 1720. The highest BCUT2D eigenvalue weighted by atomic mass is 19.4. The second-order valence-electron chi connectivity index (χ2n) is 12.5. The zero-order valence-electron chi connectivity index (χ0n) is 29.6. The highest BCUT2D eigenvalue weighted by Gasteiger charge is 2.33. The van der Waals surface area contributed by atoms with Crippen molar-refractivity contribution in [3.8, 4) is 5.75 Å². The van der Waals surface area contributed by atoms with Crippen molar-refractivity contribution in [2.75, 3.05) is 46.9 Å². The van der Waals surface area contributed by atoms with Crippen LogP contribution in [0.15, 0.2) is 58.6 Å². The van der Waals surface area contributed by atoms with E-state index in [2.05, 4.69) is 71.6 Å². The number of aromatic amines is 1. The predicted octanol–water partition coefficient (Wildman–Crippen LogP) is 7.03. The summed E-state index contributed by atoms with van der Waals surface area (Å²) in [5, 5.41) is 2.92. The van der Waals surface area contributed by atoms with Gasteiger partial charge in [-0.1, -0.05) is 23.8 Å². The molecule has 0 radical (unpaired) electrons. The Kier molecular flexibility index (Phi) is 13.6. The molecule has 262 valence electrons. The normalized spacial score (nSPS) is 15.6. The Morgan fingerprint density at radius 3 is 2.31 bits per heavy atom. The lowest BCUT2D eigenvalue weighted by atomic mass is 9.96. The van der Waals surface area contributed by atoms with Crippen LogP contribution in [0.1, 0.15) is 79.1 Å². The van der Waals surface area contributed by atoms with Crippen molar-refractivity contribution in [2.45, 2.75) is 67.2 Å². The summed E-state index contributed by atoms with van der Waals surface area (Å²) in [6.07, 6.45) is 5.03. The third-order valence-corrected chi connectivity index (χ3v) is 8.71. The number of nitrogens with zero attached hydrogens (tertiary/aromatic N) is 3. The van der Waals surface area contributed by atoms with E-state index in [9.17, 15) is 22.8 Å². The molecule has 0 aromatic carbocycles. The average Bonchev–Trinajstić information content (AvgIpc) is 3.44. The number of H-pyrrole nitrogens is 1. The minimum absolute atomic E-state index is 0.0567. The number of hydrogen-bond donors (Lipinski definition) is 2. The maximum Gasteiger partial charge on any atom is 0.401 e. The number of aromatic nitrogens is 2. The fraction of sp³-hybridized carbons (Fsp3) is 0.459. The van der Waals surface area contributed by atoms with Gasteiger partial charge < -0.3 is 19.4 Å². The minimum atomic E-state index is -4.18. The van der Waals surface area contributed by atoms with Crippen LogP contribution >= 0.6 is 0 Å². The molecule has 0 amide bonds. The lowest BCUT2D eigenvalue weighted by Gasteiger charge is -2.39. The van der Waals surface area contributed by atoms with E-state index in [-0.39, 0.29) is 11.6 Å². The number of pyridine rings is 2. The Morgan fingerprint density at radius 2 is 1.77 bits per heavy atom. The largest absolute Gasteiger partial charge is 0.496 e. The van der Waals surface area contributed by atoms with Crippen molar-refractivity contribution in [2.24, 2.45) is 0 Å². The summed E-state index contributed by atoms with van der Waals surface area (Å²) in [5.41, 5.74) is 9.30. The Balaban J connectivity index is 0.000000402. The number of alkyl halides is 3. The molecule has 4 heterocycles. The van der Waals surface area contributed by atoms with Crippen molar-refractivity contribution < 1.29 is 22.7 Å². The molecule has 8 nitrogen and oxygen atoms in total. The number of piperazine rings is 1. The summed E-state index contributed by atoms with van der Waals surface area (Å²) >= 11 is 0. The predicted molar refractivity (Wildman–Crippen MR) is 188 cm³/mol. The molecule has 0 spiro atoms. The number of fused-ring (bicyclic) bond motifs is 1. The van der Waals surface area contributed by atoms with Gasteiger partial charge in [-0.15, -0.1) is 0 Å². The first-order chi connectivity index (χ1) is 22.6. The first-order valence-corrected chi connectivity index (χ1v) is 16.2. The van der Waals surface area contributed by atoms with Gasteiger partial charge in [0.2, 0.25) is 0 Å². The maximum absolute atomic E-state index is 12.8. The van der Waals surface area contributed by atoms with E-state index < -0.39 is 12.7 Å². The summed E-state index contributed by atoms with van der Waals surface area (Å²) in [7, 11) is 3.35. The van der Waals surface area contributed by atoms with E-state index in [0.29, 0.717) is 49.6 Å². The number of hydrogen-bond acceptors (Lipinski definition) is 6. The zero-order chi connectivity index (χ0) is 35.8. The van der Waals surface area contributed by atoms with Crippen LogP contribution in [-0.2, 0) is 6.54 Å². The summed E-state index contributed by atoms with van der Waals surface area (Å²) in [5.74, 6) is 0.635. The van der Waals surface area contributed by atoms with Crippen LogP contribution in [-0.4, -0.2) is 78.5 Å². The Labute approximate surface area is 282 Å². The molecule has 4 rings (SSSR count). The number of carbonyl (C=O) groups excluding carboxylic acids is 1. The van der Waals surface area contributed by atoms with Crippen LogP contribution in [0.2, 0.25) is 0 Å². The number of aryl methyl sites for hydroxylation is 1. The summed E-state index contributed by atoms with van der Waals surface area (Å²) in [6, 6.07) is 5.78. The number of methoxy groups -OCH3 is 1. The fourth-order valence-corrected chi connectivity index (χ4v) is 6.04. The standard InChI is InChI=1S/C28H36F3N3O.C9H14N2O2/c1-7-20(4)24(9-8-19(2)3)25-10-11-34-26(25)16-23(17-35)21(5)27(34)22(6)33-14-12-32(13-15-33)18-28(29,30)31;1-6-4-8(13-3)7(5-10-2)9(12)11-6/h7-11,16-17,22H,12-15,18H2,1-6H3;4,10H,5H2,1-3H3,(H,11,12)/b20-7-,24-9+;. The van der Waals surface area contributed by atoms with Crippen LogP contribution < -0.4 is 15.6 Å². The highest BCUT2D eigenvalue weighted by Crippen LogP contribution is 2.34. The quantitative estimate of drug-likeness (QED) is 0.178. The van der Waals surface area contributed by atoms with Crippen molar-refractivity contribution in [3.63, 3.8) is 0 Å². The summed E-state index contributed by atoms with van der Waals surface area (Å²) in [6.45, 7) is 15.5. The fourth-order valence-electron chi connectivity index (χ4n) is 6.04. The van der Waals surface area contributed by atoms with E-state index in [0.717, 1.165) is 45.5 Å². The number of allylic oxidation sites excluding steroid dienone is 6. The molecular formula is C37H50F3N5O3. The lowest BCUT2D eigenvalue weighted by Crippen LogP contribution is -2.49. The van der Waals surface area contributed by atoms with E-state index >= 15 is 0 Å². The van der Waals surface area contributed by atoms with Gasteiger partial charge in [0.05, 0.1) is 24.7 Å². The van der Waals surface area contributed by atoms with Gasteiger partial charge in [0.1, 0.15) is 12.0 Å². The van der Waals surface area contributed by atoms with E-state index in [1.807, 2.05) is 39.1 Å². The molecule has 0 aliphatic carbocycles. The first-order valence-electron chi connectivity index (χ1n) is 16.2. The second-order valence-corrected chi connectivity index (χ2v) is 12.5. The third kappa shape index (κ3) is 9.58. The molecule has 1 fully saturated rings. The van der Waals surface area contributed by atoms with Gasteiger partial charge in [-0.25, -0.2) is 0 Å². The third-order valence-electron chi connectivity index (χ3n) is 8.71. The van der Waals surface area contributed by atoms with E-state index in [4.69, 9.17) is 4.74 Å². The molecule has 3 aromatic heterocycles.